The summed E-state index contributed by atoms with van der Waals surface area (Å²) in [5.74, 6) is -3.01. The summed E-state index contributed by atoms with van der Waals surface area (Å²) in [4.78, 5) is 35.6. The number of rotatable bonds is 6. The molecule has 0 aromatic heterocycles. The number of aliphatic carboxylic acids is 2. The van der Waals surface area contributed by atoms with Gasteiger partial charge in [0.05, 0.1) is 6.21 Å². The number of guanidine groups is 1. The number of carbonyl (C=O) groups excluding carboxylic acids is 1. The molecule has 120 valence electrons. The van der Waals surface area contributed by atoms with E-state index in [1.807, 2.05) is 6.07 Å². The molecule has 0 aliphatic carbocycles. The first-order chi connectivity index (χ1) is 11.0. The Balaban J connectivity index is 2.24. The highest BCUT2D eigenvalue weighted by atomic mass is 16.4. The van der Waals surface area contributed by atoms with Crippen LogP contribution in [-0.2, 0) is 14.4 Å². The fraction of sp³-hybridized carbons (Fsp3) is 0.214. The van der Waals surface area contributed by atoms with Gasteiger partial charge in [0, 0.05) is 0 Å². The minimum Gasteiger partial charge on any atom is -0.480 e. The van der Waals surface area contributed by atoms with Crippen LogP contribution < -0.4 is 0 Å². The topological polar surface area (TPSA) is 123 Å². The highest BCUT2D eigenvalue weighted by Crippen LogP contribution is 2.10. The third kappa shape index (κ3) is 4.37. The zero-order valence-corrected chi connectivity index (χ0v) is 12.0. The van der Waals surface area contributed by atoms with E-state index in [0.29, 0.717) is 0 Å². The Morgan fingerprint density at radius 3 is 2.39 bits per heavy atom. The summed E-state index contributed by atoms with van der Waals surface area (Å²) in [7, 11) is 0. The highest BCUT2D eigenvalue weighted by Gasteiger charge is 2.36. The van der Waals surface area contributed by atoms with Crippen LogP contribution in [0.25, 0.3) is 0 Å². The summed E-state index contributed by atoms with van der Waals surface area (Å²) in [6, 6.07) is 9.02. The molecule has 23 heavy (non-hydrogen) atoms. The lowest BCUT2D eigenvalue weighted by Gasteiger charge is -2.17. The molecule has 1 heterocycles. The molecule has 1 aliphatic heterocycles. The SMILES string of the molecule is O=C(O)CN1CC(=O)N(CC(=O)O)C1=NN=Cc1ccccc1. The minimum absolute atomic E-state index is 0.0908. The molecule has 1 aromatic carbocycles. The smallest absolute Gasteiger partial charge is 0.323 e. The molecule has 1 aromatic rings. The molecule has 2 rings (SSSR count). The maximum absolute atomic E-state index is 11.8. The van der Waals surface area contributed by atoms with E-state index in [1.165, 1.54) is 6.21 Å². The standard InChI is InChI=1S/C14H14N4O5/c19-11-7-17(8-12(20)21)14(18(11)9-13(22)23)16-15-6-10-4-2-1-3-5-10/h1-6H,7-9H2,(H,20,21)(H,22,23). The molecule has 0 atom stereocenters. The predicted molar refractivity (Wildman–Crippen MR) is 80.0 cm³/mol. The lowest BCUT2D eigenvalue weighted by atomic mass is 10.2. The normalized spacial score (nSPS) is 16.5. The number of amides is 1. The third-order valence-electron chi connectivity index (χ3n) is 2.92. The highest BCUT2D eigenvalue weighted by molar-refractivity contribution is 6.07. The molecule has 1 saturated heterocycles. The van der Waals surface area contributed by atoms with E-state index in [2.05, 4.69) is 10.2 Å². The van der Waals surface area contributed by atoms with Gasteiger partial charge in [-0.2, -0.15) is 5.10 Å². The van der Waals surface area contributed by atoms with Crippen LogP contribution in [0.4, 0.5) is 0 Å². The molecule has 9 nitrogen and oxygen atoms in total. The van der Waals surface area contributed by atoms with Crippen LogP contribution in [0.1, 0.15) is 5.56 Å². The van der Waals surface area contributed by atoms with E-state index in [4.69, 9.17) is 10.2 Å². The van der Waals surface area contributed by atoms with Gasteiger partial charge in [0.1, 0.15) is 19.6 Å². The number of benzene rings is 1. The number of hydrogen-bond donors (Lipinski definition) is 2. The molecule has 1 amide bonds. The lowest BCUT2D eigenvalue weighted by Crippen LogP contribution is -2.39. The van der Waals surface area contributed by atoms with Gasteiger partial charge in [-0.15, -0.1) is 5.10 Å². The van der Waals surface area contributed by atoms with Crippen LogP contribution in [-0.4, -0.2) is 69.7 Å². The number of hydrogen-bond acceptors (Lipinski definition) is 5. The maximum atomic E-state index is 11.8. The average Bonchev–Trinajstić information content (AvgIpc) is 2.75. The number of nitrogens with zero attached hydrogens (tertiary/aromatic N) is 4. The Labute approximate surface area is 131 Å². The van der Waals surface area contributed by atoms with E-state index in [1.54, 1.807) is 24.3 Å². The van der Waals surface area contributed by atoms with Crippen LogP contribution >= 0.6 is 0 Å². The molecule has 0 unspecified atom stereocenters. The van der Waals surface area contributed by atoms with E-state index in [9.17, 15) is 14.4 Å². The van der Waals surface area contributed by atoms with Crippen LogP contribution in [0.15, 0.2) is 40.5 Å². The van der Waals surface area contributed by atoms with Crippen molar-refractivity contribution in [3.63, 3.8) is 0 Å². The second-order valence-electron chi connectivity index (χ2n) is 4.68. The Morgan fingerprint density at radius 1 is 1.13 bits per heavy atom. The van der Waals surface area contributed by atoms with Crippen molar-refractivity contribution in [2.24, 2.45) is 10.2 Å². The first-order valence-corrected chi connectivity index (χ1v) is 6.62. The Kier molecular flexibility index (Phi) is 5.03. The summed E-state index contributed by atoms with van der Waals surface area (Å²) in [5, 5.41) is 25.4. The second-order valence-corrected chi connectivity index (χ2v) is 4.68. The first-order valence-electron chi connectivity index (χ1n) is 6.62. The fourth-order valence-corrected chi connectivity index (χ4v) is 1.99. The molecular formula is C14H14N4O5. The Hall–Kier alpha value is -3.23. The minimum atomic E-state index is -1.23. The van der Waals surface area contributed by atoms with Crippen LogP contribution in [0.5, 0.6) is 0 Å². The van der Waals surface area contributed by atoms with E-state index >= 15 is 0 Å². The zero-order valence-electron chi connectivity index (χ0n) is 12.0. The first kappa shape index (κ1) is 16.1. The molecule has 1 aliphatic rings. The van der Waals surface area contributed by atoms with E-state index in [-0.39, 0.29) is 12.5 Å². The summed E-state index contributed by atoms with van der Waals surface area (Å²) in [6.45, 7) is -1.32. The summed E-state index contributed by atoms with van der Waals surface area (Å²) < 4.78 is 0. The van der Waals surface area contributed by atoms with Gasteiger partial charge in [-0.05, 0) is 5.56 Å². The molecule has 0 spiro atoms. The van der Waals surface area contributed by atoms with Crippen molar-refractivity contribution in [3.8, 4) is 0 Å². The van der Waals surface area contributed by atoms with Crippen molar-refractivity contribution in [3.05, 3.63) is 35.9 Å². The maximum Gasteiger partial charge on any atom is 0.323 e. The van der Waals surface area contributed by atoms with Gasteiger partial charge in [0.15, 0.2) is 0 Å². The molecule has 9 heteroatoms. The monoisotopic (exact) mass is 318 g/mol. The quantitative estimate of drug-likeness (QED) is 0.548. The largest absolute Gasteiger partial charge is 0.480 e. The zero-order chi connectivity index (χ0) is 16.8. The van der Waals surface area contributed by atoms with Gasteiger partial charge in [-0.1, -0.05) is 30.3 Å². The predicted octanol–water partition coefficient (Wildman–Crippen LogP) is -0.310. The van der Waals surface area contributed by atoms with Gasteiger partial charge >= 0.3 is 11.9 Å². The number of carboxylic acids is 2. The van der Waals surface area contributed by atoms with Gasteiger partial charge in [-0.25, -0.2) is 0 Å². The molecule has 0 radical (unpaired) electrons. The summed E-state index contributed by atoms with van der Waals surface area (Å²) in [5.41, 5.74) is 0.760. The van der Waals surface area contributed by atoms with Gasteiger partial charge < -0.3 is 15.1 Å². The van der Waals surface area contributed by atoms with E-state index in [0.717, 1.165) is 15.4 Å². The lowest BCUT2D eigenvalue weighted by molar-refractivity contribution is -0.141. The molecule has 2 N–H and O–H groups in total. The molecule has 0 bridgehead atoms. The van der Waals surface area contributed by atoms with Gasteiger partial charge in [0.25, 0.3) is 0 Å². The van der Waals surface area contributed by atoms with Crippen molar-refractivity contribution < 1.29 is 24.6 Å². The van der Waals surface area contributed by atoms with Crippen LogP contribution in [0.2, 0.25) is 0 Å². The van der Waals surface area contributed by atoms with Crippen molar-refractivity contribution in [1.29, 1.82) is 0 Å². The number of carboxylic acid groups (broad SMARTS) is 2. The summed E-state index contributed by atoms with van der Waals surface area (Å²) >= 11 is 0. The van der Waals surface area contributed by atoms with E-state index < -0.39 is 30.9 Å². The average molecular weight is 318 g/mol. The fourth-order valence-electron chi connectivity index (χ4n) is 1.99. The van der Waals surface area contributed by atoms with Gasteiger partial charge in [-0.3, -0.25) is 19.3 Å². The Morgan fingerprint density at radius 2 is 1.78 bits per heavy atom. The Bertz CT molecular complexity index is 671. The second kappa shape index (κ2) is 7.16. The third-order valence-corrected chi connectivity index (χ3v) is 2.92. The molecular weight excluding hydrogens is 304 g/mol. The van der Waals surface area contributed by atoms with Crippen molar-refractivity contribution in [2.45, 2.75) is 0 Å². The van der Waals surface area contributed by atoms with Crippen LogP contribution in [0.3, 0.4) is 0 Å². The van der Waals surface area contributed by atoms with Crippen molar-refractivity contribution in [1.82, 2.24) is 9.80 Å². The van der Waals surface area contributed by atoms with Crippen molar-refractivity contribution >= 4 is 30.0 Å². The molecule has 0 saturated carbocycles. The van der Waals surface area contributed by atoms with Gasteiger partial charge in [0.2, 0.25) is 11.9 Å². The molecule has 1 fully saturated rings. The van der Waals surface area contributed by atoms with Crippen LogP contribution in [0, 0.1) is 0 Å². The van der Waals surface area contributed by atoms with Crippen molar-refractivity contribution in [2.75, 3.05) is 19.6 Å². The number of carbonyl (C=O) groups is 3. The summed E-state index contributed by atoms with van der Waals surface area (Å²) in [6.07, 6.45) is 1.42.